The summed E-state index contributed by atoms with van der Waals surface area (Å²) in [5.41, 5.74) is 1.38. The van der Waals surface area contributed by atoms with Crippen molar-refractivity contribution in [2.75, 3.05) is 14.1 Å². The zero-order valence-electron chi connectivity index (χ0n) is 13.5. The molecule has 0 radical (unpaired) electrons. The molecule has 0 aliphatic rings. The molecule has 122 valence electrons. The van der Waals surface area contributed by atoms with Crippen molar-refractivity contribution in [3.05, 3.63) is 52.8 Å². The van der Waals surface area contributed by atoms with Crippen LogP contribution in [0.1, 0.15) is 21.7 Å². The molecule has 0 unspecified atom stereocenters. The molecule has 0 aliphatic heterocycles. The number of hydrogen-bond acceptors (Lipinski definition) is 4. The first-order chi connectivity index (χ1) is 11.3. The maximum Gasteiger partial charge on any atom is 0.335 e. The van der Waals surface area contributed by atoms with Crippen LogP contribution < -0.4 is 0 Å². The molecule has 1 heterocycles. The van der Waals surface area contributed by atoms with Crippen LogP contribution in [0, 0.1) is 18.3 Å². The Morgan fingerprint density at radius 2 is 1.96 bits per heavy atom. The van der Waals surface area contributed by atoms with Crippen LogP contribution in [0.4, 0.5) is 0 Å². The van der Waals surface area contributed by atoms with Gasteiger partial charge < -0.3 is 14.4 Å². The summed E-state index contributed by atoms with van der Waals surface area (Å²) < 4.78 is 5.66. The summed E-state index contributed by atoms with van der Waals surface area (Å²) >= 11 is 0. The molecule has 6 heteroatoms. The zero-order chi connectivity index (χ0) is 17.9. The molecule has 2 aromatic rings. The van der Waals surface area contributed by atoms with Gasteiger partial charge in [0.2, 0.25) is 0 Å². The normalized spacial score (nSPS) is 11.0. The number of carbonyl (C=O) groups excluding carboxylic acids is 1. The number of aromatic carboxylic acids is 1. The van der Waals surface area contributed by atoms with E-state index in [1.807, 2.05) is 6.07 Å². The van der Waals surface area contributed by atoms with Crippen LogP contribution in [0.25, 0.3) is 17.4 Å². The first kappa shape index (κ1) is 17.0. The van der Waals surface area contributed by atoms with E-state index in [1.54, 1.807) is 45.3 Å². The third-order valence-corrected chi connectivity index (χ3v) is 3.50. The molecule has 2 rings (SSSR count). The minimum atomic E-state index is -1.01. The average molecular weight is 324 g/mol. The van der Waals surface area contributed by atoms with Gasteiger partial charge in [-0.25, -0.2) is 4.79 Å². The Bertz CT molecular complexity index is 869. The minimum Gasteiger partial charge on any atom is -0.478 e. The van der Waals surface area contributed by atoms with Gasteiger partial charge in [-0.15, -0.1) is 0 Å². The molecule has 1 amide bonds. The summed E-state index contributed by atoms with van der Waals surface area (Å²) in [6, 6.07) is 10.1. The van der Waals surface area contributed by atoms with E-state index in [0.717, 1.165) is 0 Å². The molecular weight excluding hydrogens is 308 g/mol. The van der Waals surface area contributed by atoms with Gasteiger partial charge in [-0.2, -0.15) is 5.26 Å². The third kappa shape index (κ3) is 3.36. The smallest absolute Gasteiger partial charge is 0.335 e. The van der Waals surface area contributed by atoms with Gasteiger partial charge in [0.15, 0.2) is 0 Å². The molecule has 0 bridgehead atoms. The number of benzene rings is 1. The lowest BCUT2D eigenvalue weighted by molar-refractivity contribution is -0.124. The highest BCUT2D eigenvalue weighted by Gasteiger charge is 2.15. The molecular formula is C18H16N2O4. The number of amides is 1. The van der Waals surface area contributed by atoms with Crippen molar-refractivity contribution in [2.45, 2.75) is 6.92 Å². The number of rotatable bonds is 4. The van der Waals surface area contributed by atoms with Crippen molar-refractivity contribution < 1.29 is 19.1 Å². The standard InChI is InChI=1S/C18H16N2O4/c1-11-14(5-4-6-15(11)18(22)23)16-8-7-13(24-16)9-12(10-19)17(21)20(2)3/h4-9H,1-3H3,(H,22,23). The Labute approximate surface area is 139 Å². The van der Waals surface area contributed by atoms with Crippen LogP contribution in [0.2, 0.25) is 0 Å². The lowest BCUT2D eigenvalue weighted by Crippen LogP contribution is -2.22. The van der Waals surface area contributed by atoms with Crippen LogP contribution in [0.5, 0.6) is 0 Å². The van der Waals surface area contributed by atoms with E-state index in [0.29, 0.717) is 22.6 Å². The first-order valence-electron chi connectivity index (χ1n) is 7.11. The summed E-state index contributed by atoms with van der Waals surface area (Å²) in [5.74, 6) is -0.614. The Morgan fingerprint density at radius 1 is 1.25 bits per heavy atom. The number of carboxylic acids is 1. The van der Waals surface area contributed by atoms with Crippen LogP contribution in [-0.4, -0.2) is 36.0 Å². The van der Waals surface area contributed by atoms with Crippen molar-refractivity contribution in [1.82, 2.24) is 4.90 Å². The van der Waals surface area contributed by atoms with Gasteiger partial charge in [0, 0.05) is 25.7 Å². The molecule has 0 fully saturated rings. The van der Waals surface area contributed by atoms with Crippen molar-refractivity contribution in [2.24, 2.45) is 0 Å². The number of nitriles is 1. The SMILES string of the molecule is Cc1c(C(=O)O)cccc1-c1ccc(C=C(C#N)C(=O)N(C)C)o1. The molecule has 0 atom stereocenters. The van der Waals surface area contributed by atoms with Gasteiger partial charge in [-0.1, -0.05) is 12.1 Å². The Kier molecular flexibility index (Phi) is 4.85. The predicted molar refractivity (Wildman–Crippen MR) is 88.1 cm³/mol. The minimum absolute atomic E-state index is 0.0445. The Morgan fingerprint density at radius 3 is 2.54 bits per heavy atom. The molecule has 0 aliphatic carbocycles. The molecule has 0 saturated carbocycles. The van der Waals surface area contributed by atoms with Crippen molar-refractivity contribution in [1.29, 1.82) is 5.26 Å². The highest BCUT2D eigenvalue weighted by atomic mass is 16.4. The van der Waals surface area contributed by atoms with Gasteiger partial charge in [0.25, 0.3) is 5.91 Å². The lowest BCUT2D eigenvalue weighted by atomic mass is 10.0. The van der Waals surface area contributed by atoms with E-state index in [2.05, 4.69) is 0 Å². The van der Waals surface area contributed by atoms with Crippen molar-refractivity contribution in [3.8, 4) is 17.4 Å². The van der Waals surface area contributed by atoms with Crippen LogP contribution >= 0.6 is 0 Å². The number of carboxylic acid groups (broad SMARTS) is 1. The second-order valence-corrected chi connectivity index (χ2v) is 5.35. The van der Waals surface area contributed by atoms with Gasteiger partial charge in [-0.05, 0) is 30.7 Å². The summed E-state index contributed by atoms with van der Waals surface area (Å²) in [5, 5.41) is 18.3. The molecule has 0 saturated heterocycles. The highest BCUT2D eigenvalue weighted by molar-refractivity contribution is 6.01. The van der Waals surface area contributed by atoms with Crippen molar-refractivity contribution >= 4 is 18.0 Å². The van der Waals surface area contributed by atoms with E-state index in [9.17, 15) is 14.7 Å². The third-order valence-electron chi connectivity index (χ3n) is 3.50. The second kappa shape index (κ2) is 6.84. The first-order valence-corrected chi connectivity index (χ1v) is 7.11. The summed E-state index contributed by atoms with van der Waals surface area (Å²) in [6.45, 7) is 1.70. The van der Waals surface area contributed by atoms with Crippen LogP contribution in [-0.2, 0) is 4.79 Å². The fourth-order valence-electron chi connectivity index (χ4n) is 2.23. The largest absolute Gasteiger partial charge is 0.478 e. The lowest BCUT2D eigenvalue weighted by Gasteiger charge is -2.08. The Balaban J connectivity index is 2.42. The fourth-order valence-corrected chi connectivity index (χ4v) is 2.23. The van der Waals surface area contributed by atoms with E-state index in [-0.39, 0.29) is 11.1 Å². The van der Waals surface area contributed by atoms with Gasteiger partial charge in [-0.3, -0.25) is 4.79 Å². The average Bonchev–Trinajstić information content (AvgIpc) is 3.00. The van der Waals surface area contributed by atoms with Crippen LogP contribution in [0.15, 0.2) is 40.3 Å². The summed E-state index contributed by atoms with van der Waals surface area (Å²) in [7, 11) is 3.11. The van der Waals surface area contributed by atoms with Crippen molar-refractivity contribution in [3.63, 3.8) is 0 Å². The maximum absolute atomic E-state index is 11.9. The number of likely N-dealkylation sites (N-methyl/N-ethyl adjacent to an activating group) is 1. The van der Waals surface area contributed by atoms with E-state index in [4.69, 9.17) is 9.68 Å². The van der Waals surface area contributed by atoms with Crippen LogP contribution in [0.3, 0.4) is 0 Å². The summed E-state index contributed by atoms with van der Waals surface area (Å²) in [4.78, 5) is 24.4. The van der Waals surface area contributed by atoms with Gasteiger partial charge in [0.1, 0.15) is 23.2 Å². The van der Waals surface area contributed by atoms with E-state index < -0.39 is 11.9 Å². The monoisotopic (exact) mass is 324 g/mol. The number of furan rings is 1. The zero-order valence-corrected chi connectivity index (χ0v) is 13.5. The molecule has 6 nitrogen and oxygen atoms in total. The molecule has 24 heavy (non-hydrogen) atoms. The number of nitrogens with zero attached hydrogens (tertiary/aromatic N) is 2. The highest BCUT2D eigenvalue weighted by Crippen LogP contribution is 2.28. The number of hydrogen-bond donors (Lipinski definition) is 1. The molecule has 1 aromatic carbocycles. The number of carbonyl (C=O) groups is 2. The second-order valence-electron chi connectivity index (χ2n) is 5.35. The molecule has 0 spiro atoms. The Hall–Kier alpha value is -3.33. The predicted octanol–water partition coefficient (Wildman–Crippen LogP) is 2.95. The van der Waals surface area contributed by atoms with E-state index >= 15 is 0 Å². The van der Waals surface area contributed by atoms with Gasteiger partial charge >= 0.3 is 5.97 Å². The molecule has 1 aromatic heterocycles. The quantitative estimate of drug-likeness (QED) is 0.689. The summed E-state index contributed by atoms with van der Waals surface area (Å²) in [6.07, 6.45) is 1.36. The topological polar surface area (TPSA) is 94.5 Å². The van der Waals surface area contributed by atoms with Gasteiger partial charge in [0.05, 0.1) is 5.56 Å². The maximum atomic E-state index is 11.9. The molecule has 1 N–H and O–H groups in total. The van der Waals surface area contributed by atoms with E-state index in [1.165, 1.54) is 17.0 Å². The fraction of sp³-hybridized carbons (Fsp3) is 0.167.